The minimum atomic E-state index is -1.43. The number of fused-ring (bicyclic) bond motifs is 1. The molecule has 0 aromatic heterocycles. The maximum absolute atomic E-state index is 12.0. The maximum Gasteiger partial charge on any atom is 0.330 e. The van der Waals surface area contributed by atoms with Gasteiger partial charge in [-0.05, 0) is 0 Å². The van der Waals surface area contributed by atoms with Crippen molar-refractivity contribution < 1.29 is 9.59 Å². The Bertz CT molecular complexity index is 427. The first-order valence-corrected chi connectivity index (χ1v) is 4.30. The first-order chi connectivity index (χ1) is 6.56. The fourth-order valence-electron chi connectivity index (χ4n) is 1.72. The first kappa shape index (κ1) is 9.05. The molecule has 1 aliphatic heterocycles. The highest BCUT2D eigenvalue weighted by atomic mass is 16.6. The zero-order chi connectivity index (χ0) is 10.3. The Labute approximate surface area is 80.9 Å². The molecule has 2 amide bonds. The monoisotopic (exact) mass is 191 g/mol. The summed E-state index contributed by atoms with van der Waals surface area (Å²) in [5.74, 6) is -1.28. The van der Waals surface area contributed by atoms with E-state index in [0.717, 1.165) is 6.92 Å². The van der Waals surface area contributed by atoms with Crippen LogP contribution in [0.3, 0.4) is 0 Å². The molecule has 0 bridgehead atoms. The third kappa shape index (κ3) is 0.950. The molecular formula is C10H9NO3. The number of hydrogen-bond acceptors (Lipinski definition) is 3. The van der Waals surface area contributed by atoms with E-state index in [9.17, 15) is 14.8 Å². The van der Waals surface area contributed by atoms with Gasteiger partial charge in [0.2, 0.25) is 0 Å². The molecule has 72 valence electrons. The van der Waals surface area contributed by atoms with Crippen molar-refractivity contribution in [1.29, 1.82) is 0 Å². The van der Waals surface area contributed by atoms with Gasteiger partial charge in [0.05, 0.1) is 13.3 Å². The van der Waals surface area contributed by atoms with Crippen LogP contribution in [0.4, 0.5) is 5.69 Å². The molecule has 1 unspecified atom stereocenters. The second-order valence-corrected chi connectivity index (χ2v) is 3.33. The summed E-state index contributed by atoms with van der Waals surface area (Å²) in [6, 6.07) is 6.65. The van der Waals surface area contributed by atoms with Crippen LogP contribution in [0.25, 0.3) is 0 Å². The Morgan fingerprint density at radius 1 is 1.43 bits per heavy atom. The molecule has 4 heteroatoms. The van der Waals surface area contributed by atoms with Crippen molar-refractivity contribution in [3.8, 4) is 0 Å². The summed E-state index contributed by atoms with van der Waals surface area (Å²) in [4.78, 5) is 22.6. The van der Waals surface area contributed by atoms with E-state index in [1.807, 2.05) is 0 Å². The van der Waals surface area contributed by atoms with Crippen molar-refractivity contribution in [2.24, 2.45) is 0 Å². The van der Waals surface area contributed by atoms with Gasteiger partial charge in [0, 0.05) is 11.6 Å². The fourth-order valence-corrected chi connectivity index (χ4v) is 1.72. The van der Waals surface area contributed by atoms with E-state index in [1.165, 1.54) is 6.07 Å². The van der Waals surface area contributed by atoms with Gasteiger partial charge in [-0.1, -0.05) is 18.2 Å². The van der Waals surface area contributed by atoms with Gasteiger partial charge in [0.15, 0.2) is 5.69 Å². The first-order valence-electron chi connectivity index (χ1n) is 4.30. The number of amides is 2. The highest BCUT2D eigenvalue weighted by Gasteiger charge is 2.43. The number of imide groups is 1. The summed E-state index contributed by atoms with van der Waals surface area (Å²) in [6.07, 6.45) is 0.0548. The van der Waals surface area contributed by atoms with Crippen LogP contribution in [0, 0.1) is 5.21 Å². The SMILES string of the molecule is CC(=O)[N+]1([O-])C(=O)Cc2ccccc21. The Morgan fingerprint density at radius 3 is 2.71 bits per heavy atom. The van der Waals surface area contributed by atoms with Crippen LogP contribution in [0.5, 0.6) is 0 Å². The molecule has 14 heavy (non-hydrogen) atoms. The standard InChI is InChI=1S/C10H9NO3/c1-7(12)11(14)9-5-3-2-4-8(9)6-10(11)13/h2-5H,6H2,1H3. The summed E-state index contributed by atoms with van der Waals surface area (Å²) < 4.78 is -1.43. The third-order valence-corrected chi connectivity index (χ3v) is 2.47. The quantitative estimate of drug-likeness (QED) is 0.456. The normalized spacial score (nSPS) is 24.9. The van der Waals surface area contributed by atoms with Gasteiger partial charge in [-0.2, -0.15) is 0 Å². The van der Waals surface area contributed by atoms with Crippen LogP contribution in [-0.4, -0.2) is 11.8 Å². The number of hydrogen-bond donors (Lipinski definition) is 0. The Morgan fingerprint density at radius 2 is 2.07 bits per heavy atom. The lowest BCUT2D eigenvalue weighted by Crippen LogP contribution is -2.49. The lowest BCUT2D eigenvalue weighted by Gasteiger charge is -2.31. The zero-order valence-electron chi connectivity index (χ0n) is 7.69. The van der Waals surface area contributed by atoms with E-state index in [-0.39, 0.29) is 12.1 Å². The average Bonchev–Trinajstić information content (AvgIpc) is 2.41. The molecule has 0 aliphatic carbocycles. The van der Waals surface area contributed by atoms with Crippen molar-refractivity contribution in [1.82, 2.24) is 4.65 Å². The topological polar surface area (TPSA) is 57.2 Å². The van der Waals surface area contributed by atoms with Crippen LogP contribution >= 0.6 is 0 Å². The van der Waals surface area contributed by atoms with Crippen LogP contribution in [0.2, 0.25) is 0 Å². The molecule has 1 aromatic rings. The van der Waals surface area contributed by atoms with Crippen molar-refractivity contribution in [3.63, 3.8) is 0 Å². The van der Waals surface area contributed by atoms with Gasteiger partial charge in [-0.25, -0.2) is 14.2 Å². The van der Waals surface area contributed by atoms with E-state index in [1.54, 1.807) is 18.2 Å². The van der Waals surface area contributed by atoms with Gasteiger partial charge >= 0.3 is 11.8 Å². The molecule has 1 heterocycles. The number of hydroxylamine groups is 2. The summed E-state index contributed by atoms with van der Waals surface area (Å²) in [5, 5.41) is 12.0. The Kier molecular flexibility index (Phi) is 1.77. The van der Waals surface area contributed by atoms with Crippen LogP contribution in [-0.2, 0) is 16.0 Å². The molecule has 0 N–H and O–H groups in total. The van der Waals surface area contributed by atoms with E-state index in [2.05, 4.69) is 0 Å². The Hall–Kier alpha value is -1.52. The number of nitrogens with zero attached hydrogens (tertiary/aromatic N) is 1. The molecule has 0 saturated heterocycles. The van der Waals surface area contributed by atoms with E-state index in [4.69, 9.17) is 0 Å². The zero-order valence-corrected chi connectivity index (χ0v) is 7.69. The predicted molar refractivity (Wildman–Crippen MR) is 51.0 cm³/mol. The second kappa shape index (κ2) is 2.73. The molecule has 4 nitrogen and oxygen atoms in total. The largest absolute Gasteiger partial charge is 0.612 e. The maximum atomic E-state index is 12.0. The van der Waals surface area contributed by atoms with Crippen LogP contribution in [0.1, 0.15) is 12.5 Å². The van der Waals surface area contributed by atoms with Gasteiger partial charge in [-0.15, -0.1) is 0 Å². The number of quaternary nitrogens is 1. The second-order valence-electron chi connectivity index (χ2n) is 3.33. The minimum absolute atomic E-state index is 0.0548. The van der Waals surface area contributed by atoms with Gasteiger partial charge in [0.25, 0.3) is 0 Å². The van der Waals surface area contributed by atoms with Gasteiger partial charge < -0.3 is 5.21 Å². The molecule has 1 aliphatic rings. The number of para-hydroxylation sites is 1. The van der Waals surface area contributed by atoms with Crippen molar-refractivity contribution >= 4 is 17.5 Å². The minimum Gasteiger partial charge on any atom is -0.612 e. The van der Waals surface area contributed by atoms with Crippen molar-refractivity contribution in [3.05, 3.63) is 35.0 Å². The molecule has 0 fully saturated rings. The van der Waals surface area contributed by atoms with E-state index >= 15 is 0 Å². The molecule has 0 radical (unpaired) electrons. The van der Waals surface area contributed by atoms with Crippen LogP contribution < -0.4 is 4.65 Å². The van der Waals surface area contributed by atoms with Gasteiger partial charge in [-0.3, -0.25) is 0 Å². The van der Waals surface area contributed by atoms with Crippen molar-refractivity contribution in [2.45, 2.75) is 13.3 Å². The third-order valence-electron chi connectivity index (χ3n) is 2.47. The predicted octanol–water partition coefficient (Wildman–Crippen LogP) is 1.12. The lowest BCUT2D eigenvalue weighted by molar-refractivity contribution is -0.137. The molecular weight excluding hydrogens is 182 g/mol. The average molecular weight is 191 g/mol. The molecule has 0 spiro atoms. The van der Waals surface area contributed by atoms with Crippen molar-refractivity contribution in [2.75, 3.05) is 0 Å². The molecule has 2 rings (SSSR count). The fraction of sp³-hybridized carbons (Fsp3) is 0.200. The van der Waals surface area contributed by atoms with Gasteiger partial charge in [0.1, 0.15) is 0 Å². The summed E-state index contributed by atoms with van der Waals surface area (Å²) in [7, 11) is 0. The Balaban J connectivity index is 2.66. The summed E-state index contributed by atoms with van der Waals surface area (Å²) in [6.45, 7) is 1.15. The smallest absolute Gasteiger partial charge is 0.330 e. The molecule has 1 aromatic carbocycles. The highest BCUT2D eigenvalue weighted by Crippen LogP contribution is 2.34. The number of carbonyl (C=O) groups excluding carboxylic acids is 2. The molecule has 0 saturated carbocycles. The lowest BCUT2D eigenvalue weighted by atomic mass is 10.2. The van der Waals surface area contributed by atoms with E-state index in [0.29, 0.717) is 5.56 Å². The number of benzene rings is 1. The molecule has 1 atom stereocenters. The summed E-state index contributed by atoms with van der Waals surface area (Å²) in [5.41, 5.74) is 0.924. The number of carbonyl (C=O) groups is 2. The van der Waals surface area contributed by atoms with Crippen LogP contribution in [0.15, 0.2) is 24.3 Å². The van der Waals surface area contributed by atoms with E-state index < -0.39 is 16.5 Å². The summed E-state index contributed by atoms with van der Waals surface area (Å²) >= 11 is 0. The number of rotatable bonds is 0. The highest BCUT2D eigenvalue weighted by molar-refractivity contribution is 6.13.